The number of aryl methyl sites for hydroxylation is 1. The summed E-state index contributed by atoms with van der Waals surface area (Å²) < 4.78 is 37.2. The lowest BCUT2D eigenvalue weighted by Gasteiger charge is -2.07. The fraction of sp³-hybridized carbons (Fsp3) is 0.167. The second-order valence-corrected chi connectivity index (χ2v) is 3.56. The fourth-order valence-electron chi connectivity index (χ4n) is 1.54. The minimum atomic E-state index is -4.26. The third-order valence-electron chi connectivity index (χ3n) is 2.32. The second kappa shape index (κ2) is 3.26. The number of hydrogen-bond acceptors (Lipinski definition) is 0. The van der Waals surface area contributed by atoms with Crippen molar-refractivity contribution in [1.29, 1.82) is 0 Å². The molecule has 0 unspecified atom stereocenters. The second-order valence-electron chi connectivity index (χ2n) is 3.56. The summed E-state index contributed by atoms with van der Waals surface area (Å²) >= 11 is 0. The van der Waals surface area contributed by atoms with Crippen LogP contribution in [0.3, 0.4) is 0 Å². The molecule has 2 rings (SSSR count). The highest BCUT2D eigenvalue weighted by molar-refractivity contribution is 5.83. The number of rotatable bonds is 0. The molecule has 0 radical (unpaired) electrons. The van der Waals surface area contributed by atoms with Gasteiger partial charge in [-0.25, -0.2) is 0 Å². The minimum Gasteiger partial charge on any atom is -0.166 e. The maximum absolute atomic E-state index is 12.4. The molecule has 0 nitrogen and oxygen atoms in total. The number of halogens is 3. The van der Waals surface area contributed by atoms with E-state index in [1.54, 1.807) is 6.07 Å². The first-order chi connectivity index (χ1) is 6.97. The van der Waals surface area contributed by atoms with Crippen molar-refractivity contribution >= 4 is 10.8 Å². The lowest BCUT2D eigenvalue weighted by Crippen LogP contribution is -2.04. The summed E-state index contributed by atoms with van der Waals surface area (Å²) in [7, 11) is 0. The van der Waals surface area contributed by atoms with E-state index in [4.69, 9.17) is 0 Å². The Morgan fingerprint density at radius 3 is 2.13 bits per heavy atom. The molecular weight excluding hydrogens is 201 g/mol. The number of benzene rings is 2. The molecule has 0 atom stereocenters. The van der Waals surface area contributed by atoms with Gasteiger partial charge in [-0.15, -0.1) is 0 Å². The monoisotopic (exact) mass is 210 g/mol. The molecule has 2 aromatic rings. The van der Waals surface area contributed by atoms with Gasteiger partial charge in [0.05, 0.1) is 5.56 Å². The van der Waals surface area contributed by atoms with Gasteiger partial charge in [-0.05, 0) is 29.8 Å². The van der Waals surface area contributed by atoms with Gasteiger partial charge in [0.25, 0.3) is 0 Å². The first-order valence-corrected chi connectivity index (χ1v) is 4.54. The highest BCUT2D eigenvalue weighted by atomic mass is 19.4. The summed E-state index contributed by atoms with van der Waals surface area (Å²) in [5.74, 6) is 0. The lowest BCUT2D eigenvalue weighted by atomic mass is 10.0. The van der Waals surface area contributed by atoms with Gasteiger partial charge < -0.3 is 0 Å². The van der Waals surface area contributed by atoms with Crippen LogP contribution in [-0.2, 0) is 6.18 Å². The molecule has 0 heterocycles. The van der Waals surface area contributed by atoms with Crippen LogP contribution in [0.25, 0.3) is 10.8 Å². The van der Waals surface area contributed by atoms with E-state index in [9.17, 15) is 13.2 Å². The normalized spacial score (nSPS) is 12.0. The molecule has 0 saturated heterocycles. The van der Waals surface area contributed by atoms with Crippen LogP contribution in [0.2, 0.25) is 0 Å². The highest BCUT2D eigenvalue weighted by Crippen LogP contribution is 2.31. The topological polar surface area (TPSA) is 0 Å². The Bertz CT molecular complexity index is 498. The average molecular weight is 210 g/mol. The van der Waals surface area contributed by atoms with Crippen molar-refractivity contribution in [2.45, 2.75) is 13.1 Å². The molecule has 0 fully saturated rings. The van der Waals surface area contributed by atoms with Crippen LogP contribution in [0, 0.1) is 6.92 Å². The number of fused-ring (bicyclic) bond motifs is 1. The molecule has 3 heteroatoms. The Morgan fingerprint density at radius 1 is 0.867 bits per heavy atom. The van der Waals surface area contributed by atoms with Gasteiger partial charge in [0.2, 0.25) is 0 Å². The van der Waals surface area contributed by atoms with Crippen molar-refractivity contribution in [2.24, 2.45) is 0 Å². The summed E-state index contributed by atoms with van der Waals surface area (Å²) in [6, 6.07) is 9.18. The Kier molecular flexibility index (Phi) is 2.18. The summed E-state index contributed by atoms with van der Waals surface area (Å²) in [5, 5.41) is 1.46. The average Bonchev–Trinajstić information content (AvgIpc) is 2.15. The van der Waals surface area contributed by atoms with Crippen LogP contribution in [0.1, 0.15) is 11.1 Å². The van der Waals surface area contributed by atoms with Crippen LogP contribution in [0.4, 0.5) is 13.2 Å². The van der Waals surface area contributed by atoms with Crippen molar-refractivity contribution in [3.05, 3.63) is 47.5 Å². The zero-order chi connectivity index (χ0) is 11.1. The Balaban J connectivity index is 2.62. The van der Waals surface area contributed by atoms with Crippen LogP contribution in [-0.4, -0.2) is 0 Å². The third-order valence-corrected chi connectivity index (χ3v) is 2.32. The summed E-state index contributed by atoms with van der Waals surface area (Å²) in [6.45, 7) is 1.91. The molecule has 78 valence electrons. The largest absolute Gasteiger partial charge is 0.416 e. The Hall–Kier alpha value is -1.51. The van der Waals surface area contributed by atoms with Crippen molar-refractivity contribution in [2.75, 3.05) is 0 Å². The van der Waals surface area contributed by atoms with Crippen LogP contribution in [0.5, 0.6) is 0 Å². The fourth-order valence-corrected chi connectivity index (χ4v) is 1.54. The van der Waals surface area contributed by atoms with Crippen molar-refractivity contribution in [3.8, 4) is 0 Å². The van der Waals surface area contributed by atoms with Crippen molar-refractivity contribution < 1.29 is 13.2 Å². The van der Waals surface area contributed by atoms with Crippen molar-refractivity contribution in [3.63, 3.8) is 0 Å². The number of alkyl halides is 3. The zero-order valence-electron chi connectivity index (χ0n) is 8.10. The van der Waals surface area contributed by atoms with Gasteiger partial charge >= 0.3 is 6.18 Å². The lowest BCUT2D eigenvalue weighted by molar-refractivity contribution is -0.137. The van der Waals surface area contributed by atoms with Crippen molar-refractivity contribution in [1.82, 2.24) is 0 Å². The Morgan fingerprint density at radius 2 is 1.47 bits per heavy atom. The van der Waals surface area contributed by atoms with E-state index in [1.165, 1.54) is 12.1 Å². The molecule has 15 heavy (non-hydrogen) atoms. The molecule has 0 saturated carbocycles. The van der Waals surface area contributed by atoms with E-state index >= 15 is 0 Å². The standard InChI is InChI=1S/C12H9F3/c1-8-2-3-10-7-11(12(13,14)15)5-4-9(10)6-8/h2-7H,1H3. The molecule has 0 aliphatic carbocycles. The van der Waals surface area contributed by atoms with Gasteiger partial charge in [-0.3, -0.25) is 0 Å². The van der Waals surface area contributed by atoms with Crippen LogP contribution in [0.15, 0.2) is 36.4 Å². The van der Waals surface area contributed by atoms with E-state index in [0.29, 0.717) is 5.39 Å². The van der Waals surface area contributed by atoms with E-state index in [0.717, 1.165) is 17.0 Å². The number of hydrogen-bond donors (Lipinski definition) is 0. The summed E-state index contributed by atoms with van der Waals surface area (Å²) in [6.07, 6.45) is -4.26. The van der Waals surface area contributed by atoms with E-state index in [1.807, 2.05) is 19.1 Å². The summed E-state index contributed by atoms with van der Waals surface area (Å²) in [5.41, 5.74) is 0.445. The molecule has 0 aromatic heterocycles. The molecule has 0 spiro atoms. The first-order valence-electron chi connectivity index (χ1n) is 4.54. The molecule has 0 N–H and O–H groups in total. The van der Waals surface area contributed by atoms with Crippen LogP contribution >= 0.6 is 0 Å². The first kappa shape index (κ1) is 10.0. The van der Waals surface area contributed by atoms with E-state index < -0.39 is 11.7 Å². The summed E-state index contributed by atoms with van der Waals surface area (Å²) in [4.78, 5) is 0. The SMILES string of the molecule is Cc1ccc2cc(C(F)(F)F)ccc2c1. The molecule has 0 aliphatic rings. The Labute approximate surface area is 85.3 Å². The van der Waals surface area contributed by atoms with Gasteiger partial charge in [0.1, 0.15) is 0 Å². The van der Waals surface area contributed by atoms with Gasteiger partial charge in [-0.1, -0.05) is 29.8 Å². The van der Waals surface area contributed by atoms with E-state index in [2.05, 4.69) is 0 Å². The predicted molar refractivity (Wildman–Crippen MR) is 53.7 cm³/mol. The quantitative estimate of drug-likeness (QED) is 0.612. The van der Waals surface area contributed by atoms with Gasteiger partial charge in [0, 0.05) is 0 Å². The molecule has 0 bridgehead atoms. The van der Waals surface area contributed by atoms with Gasteiger partial charge in [0.15, 0.2) is 0 Å². The van der Waals surface area contributed by atoms with E-state index in [-0.39, 0.29) is 0 Å². The highest BCUT2D eigenvalue weighted by Gasteiger charge is 2.30. The molecule has 0 aliphatic heterocycles. The third kappa shape index (κ3) is 1.96. The van der Waals surface area contributed by atoms with Gasteiger partial charge in [-0.2, -0.15) is 13.2 Å². The van der Waals surface area contributed by atoms with Crippen LogP contribution < -0.4 is 0 Å². The maximum atomic E-state index is 12.4. The molecule has 2 aromatic carbocycles. The smallest absolute Gasteiger partial charge is 0.166 e. The molecule has 0 amide bonds. The maximum Gasteiger partial charge on any atom is 0.416 e. The zero-order valence-corrected chi connectivity index (χ0v) is 8.10. The molecular formula is C12H9F3. The minimum absolute atomic E-state index is 0.598. The predicted octanol–water partition coefficient (Wildman–Crippen LogP) is 4.17.